The first-order valence-corrected chi connectivity index (χ1v) is 19.0. The average molecular weight is 732 g/mol. The summed E-state index contributed by atoms with van der Waals surface area (Å²) in [6.07, 6.45) is 1.94. The molecular weight excluding hydrogens is 699 g/mol. The van der Waals surface area contributed by atoms with Gasteiger partial charge in [-0.15, -0.1) is 0 Å². The topological polar surface area (TPSA) is 64.1 Å². The predicted molar refractivity (Wildman–Crippen MR) is 232 cm³/mol. The van der Waals surface area contributed by atoms with E-state index in [1.165, 1.54) is 5.39 Å². The Labute approximate surface area is 328 Å². The highest BCUT2D eigenvalue weighted by atomic mass is 16.3. The fraction of sp³-hybridized carbons (Fsp3) is 0. The van der Waals surface area contributed by atoms with Crippen molar-refractivity contribution >= 4 is 43.7 Å². The van der Waals surface area contributed by atoms with Crippen LogP contribution < -0.4 is 0 Å². The molecule has 0 atom stereocenters. The Morgan fingerprint density at radius 2 is 1.09 bits per heavy atom. The van der Waals surface area contributed by atoms with Crippen molar-refractivity contribution in [3.05, 3.63) is 194 Å². The number of furan rings is 1. The minimum atomic E-state index is 0.168. The minimum absolute atomic E-state index is 0.168. The molecular formula is C52H33N3O2. The lowest BCUT2D eigenvalue weighted by molar-refractivity contribution is 0.477. The lowest BCUT2D eigenvalue weighted by Gasteiger charge is -2.15. The molecule has 0 aliphatic rings. The Morgan fingerprint density at radius 3 is 1.89 bits per heavy atom. The molecule has 0 bridgehead atoms. The zero-order valence-electron chi connectivity index (χ0n) is 30.7. The van der Waals surface area contributed by atoms with E-state index in [9.17, 15) is 5.11 Å². The van der Waals surface area contributed by atoms with Gasteiger partial charge in [0.05, 0.1) is 28.0 Å². The monoisotopic (exact) mass is 731 g/mol. The molecule has 3 heterocycles. The van der Waals surface area contributed by atoms with Crippen LogP contribution in [0, 0.1) is 0 Å². The number of para-hydroxylation sites is 3. The van der Waals surface area contributed by atoms with Gasteiger partial charge in [0, 0.05) is 39.7 Å². The lowest BCUT2D eigenvalue weighted by Crippen LogP contribution is -2.00. The van der Waals surface area contributed by atoms with Crippen LogP contribution in [0.15, 0.2) is 199 Å². The van der Waals surface area contributed by atoms with Crippen molar-refractivity contribution in [3.63, 3.8) is 0 Å². The number of hydrogen-bond donors (Lipinski definition) is 1. The molecule has 0 radical (unpaired) electrons. The molecule has 0 saturated heterocycles. The molecule has 8 aromatic carbocycles. The second kappa shape index (κ2) is 13.2. The second-order valence-electron chi connectivity index (χ2n) is 14.4. The smallest absolute Gasteiger partial charge is 0.149 e. The Kier molecular flexibility index (Phi) is 7.57. The maximum absolute atomic E-state index is 11.3. The molecule has 0 spiro atoms. The zero-order chi connectivity index (χ0) is 37.9. The largest absolute Gasteiger partial charge is 0.507 e. The third kappa shape index (κ3) is 5.56. The maximum Gasteiger partial charge on any atom is 0.149 e. The van der Waals surface area contributed by atoms with Gasteiger partial charge in [-0.25, -0.2) is 4.98 Å². The summed E-state index contributed by atoms with van der Waals surface area (Å²) in [6.45, 7) is 0. The molecule has 5 heteroatoms. The van der Waals surface area contributed by atoms with Crippen molar-refractivity contribution in [1.29, 1.82) is 0 Å². The number of hydrogen-bond acceptors (Lipinski definition) is 4. The van der Waals surface area contributed by atoms with E-state index < -0.39 is 0 Å². The van der Waals surface area contributed by atoms with Gasteiger partial charge in [-0.1, -0.05) is 127 Å². The van der Waals surface area contributed by atoms with Crippen molar-refractivity contribution in [2.75, 3.05) is 0 Å². The Hall–Kier alpha value is -7.76. The van der Waals surface area contributed by atoms with Crippen LogP contribution in [0.25, 0.3) is 105 Å². The summed E-state index contributed by atoms with van der Waals surface area (Å²) in [4.78, 5) is 10.4. The molecule has 11 rings (SSSR count). The molecule has 0 fully saturated rings. The van der Waals surface area contributed by atoms with E-state index in [0.717, 1.165) is 88.7 Å². The zero-order valence-corrected chi connectivity index (χ0v) is 30.7. The number of aromatic nitrogens is 3. The highest BCUT2D eigenvalue weighted by Gasteiger charge is 2.22. The van der Waals surface area contributed by atoms with Crippen molar-refractivity contribution in [3.8, 4) is 67.5 Å². The van der Waals surface area contributed by atoms with Gasteiger partial charge in [-0.2, -0.15) is 0 Å². The molecule has 268 valence electrons. The van der Waals surface area contributed by atoms with Gasteiger partial charge in [-0.3, -0.25) is 9.55 Å². The van der Waals surface area contributed by atoms with Crippen LogP contribution in [-0.4, -0.2) is 19.6 Å². The normalized spacial score (nSPS) is 11.6. The first-order chi connectivity index (χ1) is 28.2. The number of fused-ring (bicyclic) bond motifs is 5. The summed E-state index contributed by atoms with van der Waals surface area (Å²) >= 11 is 0. The molecule has 57 heavy (non-hydrogen) atoms. The van der Waals surface area contributed by atoms with E-state index in [-0.39, 0.29) is 5.75 Å². The van der Waals surface area contributed by atoms with Crippen molar-refractivity contribution in [2.24, 2.45) is 0 Å². The minimum Gasteiger partial charge on any atom is -0.507 e. The standard InChI is InChI=1S/C52H33N3O2/c56-48-25-12-10-21-42(48)52-54-51-41(22-13-24-47(51)55(52)46-23-11-9-20-40(46)34-16-5-2-6-17-34)38-26-37(33-14-3-1-4-15-33)27-39(28-38)45-31-50-44(32-53-45)43-29-35-18-7-8-19-36(35)30-49(43)57-50/h1-32,56H. The van der Waals surface area contributed by atoms with E-state index in [0.29, 0.717) is 11.4 Å². The quantitative estimate of drug-likeness (QED) is 0.185. The Morgan fingerprint density at radius 1 is 0.456 bits per heavy atom. The molecule has 5 nitrogen and oxygen atoms in total. The number of imidazole rings is 1. The number of phenols is 1. The summed E-state index contributed by atoms with van der Waals surface area (Å²) < 4.78 is 8.67. The summed E-state index contributed by atoms with van der Waals surface area (Å²) in [6, 6.07) is 64.3. The van der Waals surface area contributed by atoms with E-state index in [2.05, 4.69) is 156 Å². The Bertz CT molecular complexity index is 3310. The highest BCUT2D eigenvalue weighted by Crippen LogP contribution is 2.42. The van der Waals surface area contributed by atoms with Crippen LogP contribution >= 0.6 is 0 Å². The van der Waals surface area contributed by atoms with Crippen LogP contribution in [0.4, 0.5) is 0 Å². The lowest BCUT2D eigenvalue weighted by atomic mass is 9.94. The third-order valence-corrected chi connectivity index (χ3v) is 10.9. The number of nitrogens with zero attached hydrogens (tertiary/aromatic N) is 3. The Balaban J connectivity index is 1.14. The molecule has 0 amide bonds. The summed E-state index contributed by atoms with van der Waals surface area (Å²) in [5, 5.41) is 15.6. The van der Waals surface area contributed by atoms with Crippen LogP contribution in [0.5, 0.6) is 5.75 Å². The fourth-order valence-electron chi connectivity index (χ4n) is 8.19. The van der Waals surface area contributed by atoms with E-state index in [1.807, 2.05) is 36.5 Å². The fourth-order valence-corrected chi connectivity index (χ4v) is 8.19. The number of rotatable bonds is 6. The molecule has 3 aromatic heterocycles. The van der Waals surface area contributed by atoms with Gasteiger partial charge in [0.15, 0.2) is 0 Å². The van der Waals surface area contributed by atoms with Gasteiger partial charge in [0.25, 0.3) is 0 Å². The first kappa shape index (κ1) is 32.7. The third-order valence-electron chi connectivity index (χ3n) is 10.9. The van der Waals surface area contributed by atoms with Crippen molar-refractivity contribution in [2.45, 2.75) is 0 Å². The van der Waals surface area contributed by atoms with Gasteiger partial charge in [0.2, 0.25) is 0 Å². The summed E-state index contributed by atoms with van der Waals surface area (Å²) in [5.41, 5.74) is 13.1. The molecule has 0 unspecified atom stereocenters. The number of phenolic OH excluding ortho intramolecular Hbond substituents is 1. The van der Waals surface area contributed by atoms with Gasteiger partial charge >= 0.3 is 0 Å². The maximum atomic E-state index is 11.3. The predicted octanol–water partition coefficient (Wildman–Crippen LogP) is 13.5. The first-order valence-electron chi connectivity index (χ1n) is 19.0. The highest BCUT2D eigenvalue weighted by molar-refractivity contribution is 6.10. The SMILES string of the molecule is Oc1ccccc1-c1nc2c(-c3cc(-c4ccccc4)cc(-c4cc5oc6cc7ccccc7cc6c5cn4)c3)cccc2n1-c1ccccc1-c1ccccc1. The number of pyridine rings is 1. The molecule has 0 aliphatic heterocycles. The average Bonchev–Trinajstić information content (AvgIpc) is 3.84. The van der Waals surface area contributed by atoms with Gasteiger partial charge < -0.3 is 9.52 Å². The second-order valence-corrected chi connectivity index (χ2v) is 14.4. The van der Waals surface area contributed by atoms with Crippen molar-refractivity contribution in [1.82, 2.24) is 14.5 Å². The van der Waals surface area contributed by atoms with Crippen LogP contribution in [-0.2, 0) is 0 Å². The van der Waals surface area contributed by atoms with E-state index >= 15 is 0 Å². The number of benzene rings is 8. The van der Waals surface area contributed by atoms with Gasteiger partial charge in [-0.05, 0) is 87.6 Å². The molecule has 0 aliphatic carbocycles. The van der Waals surface area contributed by atoms with Crippen LogP contribution in [0.1, 0.15) is 0 Å². The van der Waals surface area contributed by atoms with E-state index in [4.69, 9.17) is 14.4 Å². The van der Waals surface area contributed by atoms with Crippen LogP contribution in [0.2, 0.25) is 0 Å². The molecule has 0 saturated carbocycles. The summed E-state index contributed by atoms with van der Waals surface area (Å²) in [7, 11) is 0. The van der Waals surface area contributed by atoms with Crippen LogP contribution in [0.3, 0.4) is 0 Å². The summed E-state index contributed by atoms with van der Waals surface area (Å²) in [5.74, 6) is 0.823. The van der Waals surface area contributed by atoms with E-state index in [1.54, 1.807) is 6.07 Å². The van der Waals surface area contributed by atoms with Crippen molar-refractivity contribution < 1.29 is 9.52 Å². The van der Waals surface area contributed by atoms with Gasteiger partial charge in [0.1, 0.15) is 22.7 Å². The molecule has 11 aromatic rings. The molecule has 1 N–H and O–H groups in total. The number of aromatic hydroxyl groups is 1.